The third-order valence-corrected chi connectivity index (χ3v) is 3.24. The molecule has 10 heteroatoms. The number of hydrogen-bond acceptors (Lipinski definition) is 5. The van der Waals surface area contributed by atoms with E-state index in [4.69, 9.17) is 28.3 Å². The Morgan fingerprint density at radius 3 is 2.68 bits per heavy atom. The normalized spacial score (nSPS) is 19.4. The number of halogens is 2. The highest BCUT2D eigenvalue weighted by Gasteiger charge is 2.36. The molecule has 0 spiro atoms. The topological polar surface area (TPSA) is 109 Å². The minimum atomic E-state index is -1.33. The van der Waals surface area contributed by atoms with Gasteiger partial charge >= 0.3 is 5.97 Å². The van der Waals surface area contributed by atoms with E-state index in [1.807, 2.05) is 0 Å². The summed E-state index contributed by atoms with van der Waals surface area (Å²) in [6.07, 6.45) is 0.0279. The van der Waals surface area contributed by atoms with Crippen LogP contribution in [0.2, 0.25) is 0 Å². The average Bonchev–Trinajstić information content (AvgIpc) is 2.84. The van der Waals surface area contributed by atoms with Gasteiger partial charge in [0.15, 0.2) is 6.23 Å². The van der Waals surface area contributed by atoms with Gasteiger partial charge in [-0.2, -0.15) is 0 Å². The third kappa shape index (κ3) is 2.70. The molecule has 0 radical (unpaired) electrons. The van der Waals surface area contributed by atoms with Gasteiger partial charge in [-0.1, -0.05) is 28.4 Å². The molecule has 2 rings (SSSR count). The smallest absolute Gasteiger partial charge is 0.325 e. The van der Waals surface area contributed by atoms with Crippen LogP contribution in [0.15, 0.2) is 16.3 Å². The zero-order valence-electron chi connectivity index (χ0n) is 9.32. The van der Waals surface area contributed by atoms with E-state index in [0.29, 0.717) is 5.69 Å². The lowest BCUT2D eigenvalue weighted by Gasteiger charge is -2.19. The van der Waals surface area contributed by atoms with E-state index < -0.39 is 18.1 Å². The number of carboxylic acids is 1. The second kappa shape index (κ2) is 5.16. The van der Waals surface area contributed by atoms with Crippen molar-refractivity contribution in [2.45, 2.75) is 19.3 Å². The Morgan fingerprint density at radius 2 is 2.16 bits per heavy atom. The molecule has 2 N–H and O–H groups in total. The van der Waals surface area contributed by atoms with E-state index in [-0.39, 0.29) is 23.2 Å². The molecule has 102 valence electrons. The Kier molecular flexibility index (Phi) is 3.74. The molecular weight excluding hydrogens is 299 g/mol. The van der Waals surface area contributed by atoms with E-state index in [1.165, 1.54) is 6.20 Å². The van der Waals surface area contributed by atoms with E-state index >= 15 is 0 Å². The van der Waals surface area contributed by atoms with Gasteiger partial charge in [0.1, 0.15) is 17.3 Å². The number of carbonyl (C=O) groups excluding carboxylic acids is 1. The van der Waals surface area contributed by atoms with Crippen LogP contribution in [0.25, 0.3) is 0 Å². The summed E-state index contributed by atoms with van der Waals surface area (Å²) in [7, 11) is 0. The van der Waals surface area contributed by atoms with Crippen molar-refractivity contribution in [2.24, 2.45) is 0 Å². The summed E-state index contributed by atoms with van der Waals surface area (Å²) in [4.78, 5) is 23.1. The van der Waals surface area contributed by atoms with Crippen molar-refractivity contribution >= 4 is 35.1 Å². The SMILES string of the molecule is O=C(O)Cn1cc(CN2C(=O)C(Cl)=C(Cl)C2O)nn1. The van der Waals surface area contributed by atoms with Crippen LogP contribution in [0, 0.1) is 0 Å². The van der Waals surface area contributed by atoms with Crippen LogP contribution in [-0.4, -0.2) is 48.2 Å². The molecule has 0 saturated heterocycles. The number of aliphatic hydroxyl groups is 1. The summed E-state index contributed by atoms with van der Waals surface area (Å²) in [5, 5.41) is 25.1. The van der Waals surface area contributed by atoms with Gasteiger partial charge in [-0.15, -0.1) is 5.10 Å². The van der Waals surface area contributed by atoms with Crippen molar-refractivity contribution in [1.29, 1.82) is 0 Å². The molecule has 1 aliphatic rings. The quantitative estimate of drug-likeness (QED) is 0.791. The number of hydrogen-bond donors (Lipinski definition) is 2. The predicted molar refractivity (Wildman–Crippen MR) is 62.9 cm³/mol. The Hall–Kier alpha value is -1.64. The summed E-state index contributed by atoms with van der Waals surface area (Å²) in [6, 6.07) is 0. The standard InChI is InChI=1S/C9H8Cl2N4O4/c10-6-7(11)9(19)15(8(6)18)2-4-1-14(13-12-4)3-5(16)17/h1,8,18H,2-3H2,(H,16,17). The van der Waals surface area contributed by atoms with E-state index in [0.717, 1.165) is 9.58 Å². The van der Waals surface area contributed by atoms with Gasteiger partial charge in [0, 0.05) is 0 Å². The van der Waals surface area contributed by atoms with E-state index in [2.05, 4.69) is 10.3 Å². The maximum atomic E-state index is 11.7. The fourth-order valence-corrected chi connectivity index (χ4v) is 1.95. The molecule has 0 bridgehead atoms. The molecule has 0 aromatic carbocycles. The van der Waals surface area contributed by atoms with Gasteiger partial charge in [-0.3, -0.25) is 9.59 Å². The second-order valence-electron chi connectivity index (χ2n) is 3.77. The number of carboxylic acid groups (broad SMARTS) is 1. The molecule has 19 heavy (non-hydrogen) atoms. The second-order valence-corrected chi connectivity index (χ2v) is 4.56. The average molecular weight is 307 g/mol. The van der Waals surface area contributed by atoms with Crippen LogP contribution in [-0.2, 0) is 22.7 Å². The molecule has 8 nitrogen and oxygen atoms in total. The fourth-order valence-electron chi connectivity index (χ4n) is 1.55. The van der Waals surface area contributed by atoms with E-state index in [9.17, 15) is 14.7 Å². The van der Waals surface area contributed by atoms with Crippen molar-refractivity contribution in [1.82, 2.24) is 19.9 Å². The number of amides is 1. The summed E-state index contributed by atoms with van der Waals surface area (Å²) < 4.78 is 1.10. The first-order valence-corrected chi connectivity index (χ1v) is 5.80. The van der Waals surface area contributed by atoms with Crippen LogP contribution in [0.3, 0.4) is 0 Å². The molecule has 1 aromatic rings. The zero-order chi connectivity index (χ0) is 14.2. The van der Waals surface area contributed by atoms with Crippen molar-refractivity contribution in [2.75, 3.05) is 0 Å². The third-order valence-electron chi connectivity index (χ3n) is 2.40. The molecule has 1 amide bonds. The molecule has 1 aromatic heterocycles. The minimum absolute atomic E-state index is 0.0773. The molecule has 1 atom stereocenters. The molecule has 0 aliphatic carbocycles. The van der Waals surface area contributed by atoms with Gasteiger partial charge in [-0.25, -0.2) is 4.68 Å². The van der Waals surface area contributed by atoms with Crippen LogP contribution >= 0.6 is 23.2 Å². The van der Waals surface area contributed by atoms with Gasteiger partial charge < -0.3 is 15.1 Å². The zero-order valence-corrected chi connectivity index (χ0v) is 10.8. The van der Waals surface area contributed by atoms with Crippen LogP contribution < -0.4 is 0 Å². The number of carbonyl (C=O) groups is 2. The largest absolute Gasteiger partial charge is 0.480 e. The number of nitrogens with zero attached hydrogens (tertiary/aromatic N) is 4. The lowest BCUT2D eigenvalue weighted by atomic mass is 10.4. The van der Waals surface area contributed by atoms with Gasteiger partial charge in [0.2, 0.25) is 0 Å². The van der Waals surface area contributed by atoms with Crippen LogP contribution in [0.1, 0.15) is 5.69 Å². The number of aromatic nitrogens is 3. The fraction of sp³-hybridized carbons (Fsp3) is 0.333. The monoisotopic (exact) mass is 306 g/mol. The van der Waals surface area contributed by atoms with Crippen LogP contribution in [0.5, 0.6) is 0 Å². The summed E-state index contributed by atoms with van der Waals surface area (Å²) in [5.41, 5.74) is 0.310. The summed E-state index contributed by atoms with van der Waals surface area (Å²) >= 11 is 11.3. The Labute approximate surface area is 116 Å². The van der Waals surface area contributed by atoms with Gasteiger partial charge in [0.25, 0.3) is 5.91 Å². The molecule has 2 heterocycles. The van der Waals surface area contributed by atoms with Gasteiger partial charge in [-0.05, 0) is 0 Å². The molecule has 1 aliphatic heterocycles. The lowest BCUT2D eigenvalue weighted by molar-refractivity contribution is -0.138. The first-order valence-electron chi connectivity index (χ1n) is 5.05. The van der Waals surface area contributed by atoms with Crippen molar-refractivity contribution in [3.63, 3.8) is 0 Å². The first kappa shape index (κ1) is 13.8. The van der Waals surface area contributed by atoms with Crippen molar-refractivity contribution in [3.05, 3.63) is 22.0 Å². The Balaban J connectivity index is 2.09. The first-order chi connectivity index (χ1) is 8.90. The highest BCUT2D eigenvalue weighted by Crippen LogP contribution is 2.30. The number of rotatable bonds is 4. The molecular formula is C9H8Cl2N4O4. The molecule has 0 fully saturated rings. The number of aliphatic hydroxyl groups excluding tert-OH is 1. The maximum Gasteiger partial charge on any atom is 0.325 e. The highest BCUT2D eigenvalue weighted by molar-refractivity contribution is 6.49. The highest BCUT2D eigenvalue weighted by atomic mass is 35.5. The lowest BCUT2D eigenvalue weighted by Crippen LogP contribution is -2.34. The van der Waals surface area contributed by atoms with Crippen LogP contribution in [0.4, 0.5) is 0 Å². The Morgan fingerprint density at radius 1 is 1.47 bits per heavy atom. The predicted octanol–water partition coefficient (Wildman–Crippen LogP) is -0.288. The van der Waals surface area contributed by atoms with Crippen molar-refractivity contribution < 1.29 is 19.8 Å². The van der Waals surface area contributed by atoms with E-state index in [1.54, 1.807) is 0 Å². The Bertz CT molecular complexity index is 570. The summed E-state index contributed by atoms with van der Waals surface area (Å²) in [5.74, 6) is -1.69. The molecule has 0 saturated carbocycles. The summed E-state index contributed by atoms with van der Waals surface area (Å²) in [6.45, 7) is -0.421. The minimum Gasteiger partial charge on any atom is -0.480 e. The van der Waals surface area contributed by atoms with Crippen molar-refractivity contribution in [3.8, 4) is 0 Å². The molecule has 1 unspecified atom stereocenters. The number of aliphatic carboxylic acids is 1. The maximum absolute atomic E-state index is 11.7. The van der Waals surface area contributed by atoms with Gasteiger partial charge in [0.05, 0.1) is 17.8 Å².